The number of aliphatic carboxylic acids is 1. The van der Waals surface area contributed by atoms with Gasteiger partial charge in [0.25, 0.3) is 0 Å². The van der Waals surface area contributed by atoms with Gasteiger partial charge in [-0.05, 0) is 29.7 Å². The van der Waals surface area contributed by atoms with Gasteiger partial charge in [-0.2, -0.15) is 26.3 Å². The van der Waals surface area contributed by atoms with Crippen LogP contribution in [-0.2, 0) is 30.8 Å². The third-order valence-corrected chi connectivity index (χ3v) is 7.60. The standard InChI is InChI=1S/C23H21F3N4O5S.C2HF3O2/c1-35-16-4-2-3-15(10-16)18-12-27-21(28-18)17(29-22(32)23(24,25)26)9-13-5-7-14(8-6-13)19-11-20(31)30-36(19,33)34;3-2(4,5)1(6)7/h2-8,10,12,17,19H,9,11H2,1H3,(H,27,28)(H,29,32)(H,30,31);(H,6,7). The van der Waals surface area contributed by atoms with Crippen molar-refractivity contribution < 1.29 is 59.0 Å². The molecular weight excluding hydrogens is 614 g/mol. The van der Waals surface area contributed by atoms with Crippen molar-refractivity contribution in [3.05, 3.63) is 71.7 Å². The number of sulfonamides is 1. The van der Waals surface area contributed by atoms with Gasteiger partial charge in [0, 0.05) is 5.56 Å². The molecule has 2 atom stereocenters. The summed E-state index contributed by atoms with van der Waals surface area (Å²) in [7, 11) is -2.33. The van der Waals surface area contributed by atoms with Crippen molar-refractivity contribution in [2.75, 3.05) is 7.11 Å². The molecule has 0 aliphatic carbocycles. The number of carboxylic acid groups (broad SMARTS) is 1. The van der Waals surface area contributed by atoms with Crippen LogP contribution >= 0.6 is 0 Å². The molecule has 4 N–H and O–H groups in total. The topological polar surface area (TPSA) is 168 Å². The van der Waals surface area contributed by atoms with Crippen LogP contribution < -0.4 is 14.8 Å². The van der Waals surface area contributed by atoms with Crippen LogP contribution in [0, 0.1) is 0 Å². The van der Waals surface area contributed by atoms with Crippen LogP contribution in [0.5, 0.6) is 5.75 Å². The third-order valence-electron chi connectivity index (χ3n) is 5.90. The Balaban J connectivity index is 0.000000646. The van der Waals surface area contributed by atoms with Gasteiger partial charge in [-0.1, -0.05) is 36.4 Å². The average Bonchev–Trinajstić information content (AvgIpc) is 3.51. The first kappa shape index (κ1) is 32.9. The molecule has 1 fully saturated rings. The minimum Gasteiger partial charge on any atom is -0.497 e. The summed E-state index contributed by atoms with van der Waals surface area (Å²) in [5.41, 5.74) is 2.07. The first-order valence-electron chi connectivity index (χ1n) is 11.9. The van der Waals surface area contributed by atoms with Gasteiger partial charge in [-0.15, -0.1) is 0 Å². The van der Waals surface area contributed by atoms with Crippen molar-refractivity contribution >= 4 is 27.8 Å². The summed E-state index contributed by atoms with van der Waals surface area (Å²) in [6.07, 6.45) is -9.03. The Hall–Kier alpha value is -4.61. The number of alkyl halides is 6. The van der Waals surface area contributed by atoms with E-state index in [1.165, 1.54) is 37.6 Å². The fourth-order valence-corrected chi connectivity index (χ4v) is 5.29. The molecule has 1 aliphatic rings. The van der Waals surface area contributed by atoms with Crippen LogP contribution in [0.4, 0.5) is 26.3 Å². The van der Waals surface area contributed by atoms with E-state index >= 15 is 0 Å². The van der Waals surface area contributed by atoms with Crippen molar-refractivity contribution in [3.8, 4) is 17.0 Å². The molecule has 11 nitrogen and oxygen atoms in total. The number of halogens is 6. The van der Waals surface area contributed by atoms with E-state index in [0.29, 0.717) is 28.1 Å². The first-order chi connectivity index (χ1) is 19.9. The van der Waals surface area contributed by atoms with Gasteiger partial charge in [-0.25, -0.2) is 18.2 Å². The Morgan fingerprint density at radius 3 is 2.23 bits per heavy atom. The smallest absolute Gasteiger partial charge is 0.490 e. The summed E-state index contributed by atoms with van der Waals surface area (Å²) in [6, 6.07) is 11.8. The maximum Gasteiger partial charge on any atom is 0.490 e. The Morgan fingerprint density at radius 2 is 1.72 bits per heavy atom. The van der Waals surface area contributed by atoms with Crippen LogP contribution in [0.1, 0.15) is 34.7 Å². The zero-order valence-electron chi connectivity index (χ0n) is 21.8. The van der Waals surface area contributed by atoms with Crippen LogP contribution in [0.25, 0.3) is 11.3 Å². The third kappa shape index (κ3) is 8.69. The molecule has 2 unspecified atom stereocenters. The number of carbonyl (C=O) groups is 3. The van der Waals surface area contributed by atoms with E-state index in [4.69, 9.17) is 14.6 Å². The molecule has 4 rings (SSSR count). The number of H-pyrrole nitrogens is 1. The molecular formula is C25H22F6N4O7S. The molecule has 0 radical (unpaired) electrons. The van der Waals surface area contributed by atoms with Crippen molar-refractivity contribution in [3.63, 3.8) is 0 Å². The number of benzene rings is 2. The molecule has 1 aromatic heterocycles. The number of nitrogens with zero attached hydrogens (tertiary/aromatic N) is 1. The second kappa shape index (κ2) is 12.7. The SMILES string of the molecule is COc1cccc(-c2cnc(C(Cc3ccc(C4CC(=O)NS4(=O)=O)cc3)NC(=O)C(F)(F)F)[nH]2)c1.O=C(O)C(F)(F)F. The normalized spacial score (nSPS) is 16.8. The van der Waals surface area contributed by atoms with Crippen LogP contribution in [0.2, 0.25) is 0 Å². The number of ether oxygens (including phenoxy) is 1. The van der Waals surface area contributed by atoms with E-state index in [1.807, 2.05) is 10.0 Å². The molecule has 2 amide bonds. The highest BCUT2D eigenvalue weighted by Gasteiger charge is 2.41. The van der Waals surface area contributed by atoms with E-state index < -0.39 is 51.5 Å². The monoisotopic (exact) mass is 636 g/mol. The molecule has 18 heteroatoms. The fourth-order valence-electron chi connectivity index (χ4n) is 3.86. The van der Waals surface area contributed by atoms with Crippen molar-refractivity contribution in [2.45, 2.75) is 36.5 Å². The lowest BCUT2D eigenvalue weighted by Gasteiger charge is -2.18. The van der Waals surface area contributed by atoms with Crippen LogP contribution in [0.3, 0.4) is 0 Å². The number of aromatic nitrogens is 2. The number of hydrogen-bond donors (Lipinski definition) is 4. The summed E-state index contributed by atoms with van der Waals surface area (Å²) >= 11 is 0. The molecule has 1 aliphatic heterocycles. The predicted octanol–water partition coefficient (Wildman–Crippen LogP) is 3.57. The number of carbonyl (C=O) groups excluding carboxylic acids is 2. The van der Waals surface area contributed by atoms with Crippen molar-refractivity contribution in [1.82, 2.24) is 20.0 Å². The predicted molar refractivity (Wildman–Crippen MR) is 136 cm³/mol. The molecule has 2 aromatic carbocycles. The van der Waals surface area contributed by atoms with E-state index in [0.717, 1.165) is 0 Å². The summed E-state index contributed by atoms with van der Waals surface area (Å²) < 4.78 is 102. The molecule has 0 spiro atoms. The van der Waals surface area contributed by atoms with Gasteiger partial charge in [0.1, 0.15) is 16.8 Å². The summed E-state index contributed by atoms with van der Waals surface area (Å²) in [4.78, 5) is 39.3. The zero-order valence-corrected chi connectivity index (χ0v) is 22.6. The average molecular weight is 637 g/mol. The highest BCUT2D eigenvalue weighted by atomic mass is 32.2. The number of amides is 2. The van der Waals surface area contributed by atoms with E-state index in [9.17, 15) is 44.3 Å². The lowest BCUT2D eigenvalue weighted by molar-refractivity contribution is -0.192. The first-order valence-corrected chi connectivity index (χ1v) is 13.5. The van der Waals surface area contributed by atoms with Gasteiger partial charge < -0.3 is 20.1 Å². The summed E-state index contributed by atoms with van der Waals surface area (Å²) in [5.74, 6) is -4.81. The quantitative estimate of drug-likeness (QED) is 0.286. The second-order valence-corrected chi connectivity index (χ2v) is 10.8. The van der Waals surface area contributed by atoms with Crippen molar-refractivity contribution in [2.24, 2.45) is 0 Å². The van der Waals surface area contributed by atoms with Gasteiger partial charge in [0.2, 0.25) is 15.9 Å². The molecule has 2 heterocycles. The maximum absolute atomic E-state index is 13.0. The fraction of sp³-hybridized carbons (Fsp3) is 0.280. The Labute approximate surface area is 239 Å². The molecule has 0 bridgehead atoms. The van der Waals surface area contributed by atoms with E-state index in [1.54, 1.807) is 24.3 Å². The molecule has 0 saturated carbocycles. The molecule has 232 valence electrons. The molecule has 3 aromatic rings. The highest BCUT2D eigenvalue weighted by Crippen LogP contribution is 2.31. The molecule has 1 saturated heterocycles. The summed E-state index contributed by atoms with van der Waals surface area (Å²) in [5, 5.41) is 8.04. The van der Waals surface area contributed by atoms with E-state index in [-0.39, 0.29) is 18.7 Å². The lowest BCUT2D eigenvalue weighted by atomic mass is 10.0. The zero-order chi connectivity index (χ0) is 32.2. The Kier molecular flexibility index (Phi) is 9.73. The van der Waals surface area contributed by atoms with Crippen LogP contribution in [0.15, 0.2) is 54.7 Å². The van der Waals surface area contributed by atoms with Crippen LogP contribution in [-0.4, -0.2) is 60.7 Å². The minimum atomic E-state index is -5.10. The number of methoxy groups -OCH3 is 1. The number of rotatable bonds is 7. The number of aromatic amines is 1. The van der Waals surface area contributed by atoms with Crippen molar-refractivity contribution in [1.29, 1.82) is 0 Å². The van der Waals surface area contributed by atoms with Gasteiger partial charge in [-0.3, -0.25) is 14.3 Å². The number of hydrogen-bond acceptors (Lipinski definition) is 7. The van der Waals surface area contributed by atoms with Gasteiger partial charge in [0.15, 0.2) is 0 Å². The summed E-state index contributed by atoms with van der Waals surface area (Å²) in [6.45, 7) is 0. The Morgan fingerprint density at radius 1 is 1.09 bits per heavy atom. The number of carboxylic acids is 1. The lowest BCUT2D eigenvalue weighted by Crippen LogP contribution is -2.40. The van der Waals surface area contributed by atoms with Gasteiger partial charge in [0.05, 0.1) is 31.5 Å². The largest absolute Gasteiger partial charge is 0.497 e. The molecule has 43 heavy (non-hydrogen) atoms. The maximum atomic E-state index is 13.0. The highest BCUT2D eigenvalue weighted by molar-refractivity contribution is 7.90. The van der Waals surface area contributed by atoms with Gasteiger partial charge >= 0.3 is 24.2 Å². The number of nitrogens with one attached hydrogen (secondary N) is 3. The second-order valence-electron chi connectivity index (χ2n) is 8.95. The Bertz CT molecular complexity index is 1590. The number of imidazole rings is 1. The van der Waals surface area contributed by atoms with E-state index in [2.05, 4.69) is 9.97 Å². The minimum absolute atomic E-state index is 0.0677.